The van der Waals surface area contributed by atoms with E-state index in [0.29, 0.717) is 16.7 Å². The normalized spacial score (nSPS) is 11.8. The first-order valence-electron chi connectivity index (χ1n) is 5.49. The molecule has 0 radical (unpaired) electrons. The summed E-state index contributed by atoms with van der Waals surface area (Å²) < 4.78 is 15.6. The van der Waals surface area contributed by atoms with Crippen LogP contribution in [0.2, 0.25) is 0 Å². The summed E-state index contributed by atoms with van der Waals surface area (Å²) in [6.07, 6.45) is 1.78. The Bertz CT molecular complexity index is 539. The largest absolute Gasteiger partial charge is 0.320 e. The molecule has 1 heterocycles. The van der Waals surface area contributed by atoms with Crippen LogP contribution in [-0.4, -0.2) is 15.0 Å². The Morgan fingerprint density at radius 3 is 2.67 bits per heavy atom. The third kappa shape index (κ3) is 3.14. The van der Waals surface area contributed by atoms with Crippen LogP contribution in [0.15, 0.2) is 28.9 Å². The predicted molar refractivity (Wildman–Crippen MR) is 70.4 cm³/mol. The summed E-state index contributed by atoms with van der Waals surface area (Å²) in [5, 5.41) is 8.00. The highest BCUT2D eigenvalue weighted by Gasteiger charge is 2.18. The first-order chi connectivity index (χ1) is 8.34. The second-order valence-electron chi connectivity index (χ2n) is 4.80. The van der Waals surface area contributed by atoms with Crippen LogP contribution in [0.3, 0.4) is 0 Å². The van der Waals surface area contributed by atoms with Gasteiger partial charge in [0.25, 0.3) is 0 Å². The van der Waals surface area contributed by atoms with E-state index >= 15 is 0 Å². The summed E-state index contributed by atoms with van der Waals surface area (Å²) in [5.41, 5.74) is 6.92. The molecule has 0 atom stereocenters. The zero-order valence-corrected chi connectivity index (χ0v) is 11.8. The average Bonchev–Trinajstić information content (AvgIpc) is 2.63. The molecule has 0 unspecified atom stereocenters. The molecule has 0 aliphatic carbocycles. The monoisotopic (exact) mass is 312 g/mol. The molecule has 2 N–H and O–H groups in total. The van der Waals surface area contributed by atoms with Crippen molar-refractivity contribution in [3.63, 3.8) is 0 Å². The first kappa shape index (κ1) is 13.2. The molecule has 0 amide bonds. The van der Waals surface area contributed by atoms with Gasteiger partial charge in [0.15, 0.2) is 0 Å². The van der Waals surface area contributed by atoms with E-state index in [1.165, 1.54) is 12.1 Å². The van der Waals surface area contributed by atoms with Crippen molar-refractivity contribution in [1.82, 2.24) is 15.0 Å². The fourth-order valence-electron chi connectivity index (χ4n) is 1.56. The third-order valence-electron chi connectivity index (χ3n) is 2.47. The molecule has 0 saturated carbocycles. The summed E-state index contributed by atoms with van der Waals surface area (Å²) in [6.45, 7) is 4.18. The fourth-order valence-corrected chi connectivity index (χ4v) is 2.07. The van der Waals surface area contributed by atoms with Crippen LogP contribution in [-0.2, 0) is 12.1 Å². The van der Waals surface area contributed by atoms with Crippen LogP contribution in [0.1, 0.15) is 25.1 Å². The number of halogens is 2. The number of hydrogen-bond acceptors (Lipinski definition) is 3. The lowest BCUT2D eigenvalue weighted by Crippen LogP contribution is -2.29. The van der Waals surface area contributed by atoms with Crippen molar-refractivity contribution in [2.24, 2.45) is 5.73 Å². The van der Waals surface area contributed by atoms with Crippen LogP contribution in [0.25, 0.3) is 0 Å². The topological polar surface area (TPSA) is 56.7 Å². The second kappa shape index (κ2) is 4.78. The number of aromatic nitrogens is 3. The molecule has 0 aliphatic rings. The standard InChI is InChI=1S/C12H14BrFN4/c1-12(2,15)11-7-18(17-16-11)6-8-3-9(13)5-10(14)4-8/h3-5,7H,6,15H2,1-2H3. The second-order valence-corrected chi connectivity index (χ2v) is 5.72. The number of hydrogen-bond donors (Lipinski definition) is 1. The Hall–Kier alpha value is -1.27. The van der Waals surface area contributed by atoms with E-state index in [1.54, 1.807) is 10.9 Å². The lowest BCUT2D eigenvalue weighted by Gasteiger charge is -2.13. The van der Waals surface area contributed by atoms with Gasteiger partial charge in [-0.05, 0) is 37.6 Å². The van der Waals surface area contributed by atoms with E-state index in [0.717, 1.165) is 5.56 Å². The minimum atomic E-state index is -0.527. The molecular formula is C12H14BrFN4. The molecule has 1 aromatic heterocycles. The smallest absolute Gasteiger partial charge is 0.124 e. The molecule has 0 fully saturated rings. The van der Waals surface area contributed by atoms with Crippen LogP contribution < -0.4 is 5.73 Å². The zero-order valence-electron chi connectivity index (χ0n) is 10.2. The van der Waals surface area contributed by atoms with E-state index in [2.05, 4.69) is 26.2 Å². The van der Waals surface area contributed by atoms with Gasteiger partial charge in [0, 0.05) is 4.47 Å². The molecule has 0 bridgehead atoms. The van der Waals surface area contributed by atoms with Gasteiger partial charge in [-0.15, -0.1) is 5.10 Å². The molecule has 18 heavy (non-hydrogen) atoms. The van der Waals surface area contributed by atoms with Crippen molar-refractivity contribution in [2.45, 2.75) is 25.9 Å². The highest BCUT2D eigenvalue weighted by molar-refractivity contribution is 9.10. The fraction of sp³-hybridized carbons (Fsp3) is 0.333. The summed E-state index contributed by atoms with van der Waals surface area (Å²) in [4.78, 5) is 0. The van der Waals surface area contributed by atoms with Crippen LogP contribution in [0.4, 0.5) is 4.39 Å². The van der Waals surface area contributed by atoms with Crippen molar-refractivity contribution in [3.05, 3.63) is 45.9 Å². The van der Waals surface area contributed by atoms with E-state index in [9.17, 15) is 4.39 Å². The highest BCUT2D eigenvalue weighted by Crippen LogP contribution is 2.17. The first-order valence-corrected chi connectivity index (χ1v) is 6.28. The molecule has 1 aromatic carbocycles. The Kier molecular flexibility index (Phi) is 3.49. The minimum Gasteiger partial charge on any atom is -0.320 e. The molecule has 6 heteroatoms. The Morgan fingerprint density at radius 2 is 2.11 bits per heavy atom. The SMILES string of the molecule is CC(C)(N)c1cn(Cc2cc(F)cc(Br)c2)nn1. The number of benzene rings is 1. The number of nitrogens with two attached hydrogens (primary N) is 1. The molecule has 2 rings (SSSR count). The van der Waals surface area contributed by atoms with Gasteiger partial charge in [-0.1, -0.05) is 21.1 Å². The molecule has 0 saturated heterocycles. The van der Waals surface area contributed by atoms with Gasteiger partial charge in [-0.25, -0.2) is 9.07 Å². The Balaban J connectivity index is 2.21. The predicted octanol–water partition coefficient (Wildman–Crippen LogP) is 2.42. The molecule has 4 nitrogen and oxygen atoms in total. The van der Waals surface area contributed by atoms with E-state index in [-0.39, 0.29) is 5.82 Å². The van der Waals surface area contributed by atoms with Gasteiger partial charge in [0.2, 0.25) is 0 Å². The maximum atomic E-state index is 13.2. The van der Waals surface area contributed by atoms with Crippen LogP contribution in [0.5, 0.6) is 0 Å². The van der Waals surface area contributed by atoms with Crippen molar-refractivity contribution in [2.75, 3.05) is 0 Å². The number of nitrogens with zero attached hydrogens (tertiary/aromatic N) is 3. The lowest BCUT2D eigenvalue weighted by molar-refractivity contribution is 0.533. The summed E-state index contributed by atoms with van der Waals surface area (Å²) in [7, 11) is 0. The van der Waals surface area contributed by atoms with Gasteiger partial charge >= 0.3 is 0 Å². The average molecular weight is 313 g/mol. The van der Waals surface area contributed by atoms with Gasteiger partial charge in [-0.3, -0.25) is 0 Å². The van der Waals surface area contributed by atoms with Gasteiger partial charge in [0.05, 0.1) is 18.3 Å². The van der Waals surface area contributed by atoms with Gasteiger partial charge < -0.3 is 5.73 Å². The number of rotatable bonds is 3. The van der Waals surface area contributed by atoms with E-state index < -0.39 is 5.54 Å². The molecule has 96 valence electrons. The zero-order chi connectivity index (χ0) is 13.3. The summed E-state index contributed by atoms with van der Waals surface area (Å²) >= 11 is 3.26. The summed E-state index contributed by atoms with van der Waals surface area (Å²) in [5.74, 6) is -0.279. The quantitative estimate of drug-likeness (QED) is 0.947. The Labute approximate surface area is 113 Å². The summed E-state index contributed by atoms with van der Waals surface area (Å²) in [6, 6.07) is 4.73. The third-order valence-corrected chi connectivity index (χ3v) is 2.92. The highest BCUT2D eigenvalue weighted by atomic mass is 79.9. The van der Waals surface area contributed by atoms with Crippen LogP contribution >= 0.6 is 15.9 Å². The maximum Gasteiger partial charge on any atom is 0.124 e. The van der Waals surface area contributed by atoms with Crippen molar-refractivity contribution >= 4 is 15.9 Å². The van der Waals surface area contributed by atoms with Gasteiger partial charge in [-0.2, -0.15) is 0 Å². The Morgan fingerprint density at radius 1 is 1.39 bits per heavy atom. The molecule has 0 spiro atoms. The van der Waals surface area contributed by atoms with Crippen molar-refractivity contribution in [1.29, 1.82) is 0 Å². The lowest BCUT2D eigenvalue weighted by atomic mass is 10.0. The maximum absolute atomic E-state index is 13.2. The molecule has 0 aliphatic heterocycles. The minimum absolute atomic E-state index is 0.279. The molecular weight excluding hydrogens is 299 g/mol. The van der Waals surface area contributed by atoms with E-state index in [4.69, 9.17) is 5.73 Å². The van der Waals surface area contributed by atoms with Crippen molar-refractivity contribution < 1.29 is 4.39 Å². The van der Waals surface area contributed by atoms with E-state index in [1.807, 2.05) is 19.9 Å². The van der Waals surface area contributed by atoms with Crippen molar-refractivity contribution in [3.8, 4) is 0 Å². The molecule has 2 aromatic rings. The van der Waals surface area contributed by atoms with Gasteiger partial charge in [0.1, 0.15) is 11.5 Å². The van der Waals surface area contributed by atoms with Crippen LogP contribution in [0, 0.1) is 5.82 Å².